The molecule has 3 heteroatoms. The Labute approximate surface area is 120 Å². The van der Waals surface area contributed by atoms with E-state index in [1.807, 2.05) is 0 Å². The number of nitrogens with one attached hydrogen (secondary N) is 1. The molecular weight excluding hydrogens is 234 g/mol. The lowest BCUT2D eigenvalue weighted by molar-refractivity contribution is 0.0849. The summed E-state index contributed by atoms with van der Waals surface area (Å²) in [5.74, 6) is 0. The van der Waals surface area contributed by atoms with Crippen LogP contribution in [0.3, 0.4) is 0 Å². The fourth-order valence-electron chi connectivity index (χ4n) is 2.53. The van der Waals surface area contributed by atoms with Crippen LogP contribution in [-0.4, -0.2) is 61.7 Å². The molecule has 0 aromatic rings. The van der Waals surface area contributed by atoms with Crippen LogP contribution in [0.4, 0.5) is 0 Å². The summed E-state index contributed by atoms with van der Waals surface area (Å²) in [6.07, 6.45) is 2.53. The Bertz CT molecular complexity index is 249. The summed E-state index contributed by atoms with van der Waals surface area (Å²) < 4.78 is 0. The van der Waals surface area contributed by atoms with E-state index < -0.39 is 0 Å². The van der Waals surface area contributed by atoms with E-state index in [4.69, 9.17) is 0 Å². The van der Waals surface area contributed by atoms with Crippen LogP contribution in [0.1, 0.15) is 47.5 Å². The Hall–Kier alpha value is -0.120. The minimum Gasteiger partial charge on any atom is -0.314 e. The predicted octanol–water partition coefficient (Wildman–Crippen LogP) is 2.43. The van der Waals surface area contributed by atoms with Gasteiger partial charge in [-0.15, -0.1) is 0 Å². The van der Waals surface area contributed by atoms with Gasteiger partial charge in [-0.25, -0.2) is 0 Å². The van der Waals surface area contributed by atoms with Crippen molar-refractivity contribution in [1.29, 1.82) is 0 Å². The van der Waals surface area contributed by atoms with Crippen LogP contribution >= 0.6 is 0 Å². The van der Waals surface area contributed by atoms with Gasteiger partial charge in [-0.1, -0.05) is 20.8 Å². The quantitative estimate of drug-likeness (QED) is 0.799. The van der Waals surface area contributed by atoms with E-state index in [0.717, 1.165) is 13.1 Å². The second kappa shape index (κ2) is 7.05. The first-order chi connectivity index (χ1) is 8.71. The molecule has 1 saturated heterocycles. The maximum atomic E-state index is 3.44. The molecule has 0 bridgehead atoms. The maximum absolute atomic E-state index is 3.44. The number of rotatable bonds is 6. The van der Waals surface area contributed by atoms with E-state index in [-0.39, 0.29) is 0 Å². The van der Waals surface area contributed by atoms with Gasteiger partial charge in [0, 0.05) is 31.7 Å². The molecule has 19 heavy (non-hydrogen) atoms. The first-order valence-electron chi connectivity index (χ1n) is 7.85. The SMILES string of the molecule is CN(CCC(C)(C)C)CCC(C)(C)N1CCNCC1. The molecule has 0 unspecified atom stereocenters. The third kappa shape index (κ3) is 6.73. The third-order valence-corrected chi connectivity index (χ3v) is 4.32. The van der Waals surface area contributed by atoms with Gasteiger partial charge in [-0.2, -0.15) is 0 Å². The Morgan fingerprint density at radius 1 is 0.947 bits per heavy atom. The minimum atomic E-state index is 0.331. The van der Waals surface area contributed by atoms with Gasteiger partial charge in [0.1, 0.15) is 0 Å². The average molecular weight is 269 g/mol. The number of hydrogen-bond donors (Lipinski definition) is 1. The van der Waals surface area contributed by atoms with Gasteiger partial charge in [0.15, 0.2) is 0 Å². The molecule has 0 spiro atoms. The molecule has 0 aromatic carbocycles. The summed E-state index contributed by atoms with van der Waals surface area (Å²) in [5.41, 5.74) is 0.778. The molecule has 0 atom stereocenters. The average Bonchev–Trinajstić information content (AvgIpc) is 2.34. The third-order valence-electron chi connectivity index (χ3n) is 4.32. The summed E-state index contributed by atoms with van der Waals surface area (Å²) in [7, 11) is 2.26. The molecule has 0 aliphatic carbocycles. The summed E-state index contributed by atoms with van der Waals surface area (Å²) >= 11 is 0. The zero-order valence-electron chi connectivity index (χ0n) is 14.1. The molecule has 1 aliphatic heterocycles. The van der Waals surface area contributed by atoms with Gasteiger partial charge in [-0.3, -0.25) is 4.90 Å². The fraction of sp³-hybridized carbons (Fsp3) is 1.00. The van der Waals surface area contributed by atoms with Crippen LogP contribution in [0, 0.1) is 5.41 Å². The lowest BCUT2D eigenvalue weighted by Crippen LogP contribution is -2.54. The van der Waals surface area contributed by atoms with Gasteiger partial charge in [0.05, 0.1) is 0 Å². The van der Waals surface area contributed by atoms with Crippen LogP contribution in [0.2, 0.25) is 0 Å². The Balaban J connectivity index is 2.29. The molecule has 0 aromatic heterocycles. The van der Waals surface area contributed by atoms with Crippen molar-refractivity contribution in [3.05, 3.63) is 0 Å². The Morgan fingerprint density at radius 3 is 2.00 bits per heavy atom. The molecular formula is C16H35N3. The van der Waals surface area contributed by atoms with Crippen LogP contribution < -0.4 is 5.32 Å². The van der Waals surface area contributed by atoms with E-state index in [1.54, 1.807) is 0 Å². The van der Waals surface area contributed by atoms with Crippen LogP contribution in [0.15, 0.2) is 0 Å². The zero-order valence-corrected chi connectivity index (χ0v) is 14.1. The summed E-state index contributed by atoms with van der Waals surface area (Å²) in [6.45, 7) is 18.9. The van der Waals surface area contributed by atoms with E-state index in [1.165, 1.54) is 39.0 Å². The summed E-state index contributed by atoms with van der Waals surface area (Å²) in [6, 6.07) is 0. The highest BCUT2D eigenvalue weighted by Crippen LogP contribution is 2.21. The van der Waals surface area contributed by atoms with Gasteiger partial charge in [-0.05, 0) is 52.2 Å². The molecule has 1 rings (SSSR count). The molecule has 0 saturated carbocycles. The van der Waals surface area contributed by atoms with Crippen molar-refractivity contribution < 1.29 is 0 Å². The van der Waals surface area contributed by atoms with Crippen molar-refractivity contribution in [2.24, 2.45) is 5.41 Å². The highest BCUT2D eigenvalue weighted by atomic mass is 15.2. The van der Waals surface area contributed by atoms with Crippen LogP contribution in [-0.2, 0) is 0 Å². The van der Waals surface area contributed by atoms with E-state index in [2.05, 4.69) is 56.8 Å². The topological polar surface area (TPSA) is 18.5 Å². The van der Waals surface area contributed by atoms with Crippen molar-refractivity contribution in [3.63, 3.8) is 0 Å². The summed E-state index contributed by atoms with van der Waals surface area (Å²) in [5, 5.41) is 3.44. The zero-order chi connectivity index (χ0) is 14.5. The number of nitrogens with zero attached hydrogens (tertiary/aromatic N) is 2. The van der Waals surface area contributed by atoms with Gasteiger partial charge in [0.2, 0.25) is 0 Å². The first kappa shape index (κ1) is 16.9. The van der Waals surface area contributed by atoms with Crippen molar-refractivity contribution >= 4 is 0 Å². The summed E-state index contributed by atoms with van der Waals surface area (Å²) in [4.78, 5) is 5.14. The molecule has 0 radical (unpaired) electrons. The number of hydrogen-bond acceptors (Lipinski definition) is 3. The van der Waals surface area contributed by atoms with E-state index in [0.29, 0.717) is 11.0 Å². The van der Waals surface area contributed by atoms with E-state index >= 15 is 0 Å². The second-order valence-corrected chi connectivity index (χ2v) is 7.91. The monoisotopic (exact) mass is 269 g/mol. The lowest BCUT2D eigenvalue weighted by atomic mass is 9.92. The Kier molecular flexibility index (Phi) is 6.28. The molecule has 114 valence electrons. The molecule has 1 aliphatic rings. The van der Waals surface area contributed by atoms with Crippen LogP contribution in [0.25, 0.3) is 0 Å². The van der Waals surface area contributed by atoms with Gasteiger partial charge >= 0.3 is 0 Å². The van der Waals surface area contributed by atoms with Crippen molar-refractivity contribution in [1.82, 2.24) is 15.1 Å². The van der Waals surface area contributed by atoms with Crippen LogP contribution in [0.5, 0.6) is 0 Å². The van der Waals surface area contributed by atoms with Crippen molar-refractivity contribution in [3.8, 4) is 0 Å². The lowest BCUT2D eigenvalue weighted by Gasteiger charge is -2.42. The maximum Gasteiger partial charge on any atom is 0.0166 e. The minimum absolute atomic E-state index is 0.331. The standard InChI is InChI=1S/C16H35N3/c1-15(2,3)7-11-18(6)12-8-16(4,5)19-13-9-17-10-14-19/h17H,7-14H2,1-6H3. The normalized spacial score (nSPS) is 19.1. The molecule has 0 amide bonds. The molecule has 1 N–H and O–H groups in total. The van der Waals surface area contributed by atoms with Gasteiger partial charge < -0.3 is 10.2 Å². The molecule has 1 heterocycles. The van der Waals surface area contributed by atoms with Gasteiger partial charge in [0.25, 0.3) is 0 Å². The highest BCUT2D eigenvalue weighted by molar-refractivity contribution is 4.85. The molecule has 3 nitrogen and oxygen atoms in total. The smallest absolute Gasteiger partial charge is 0.0166 e. The largest absolute Gasteiger partial charge is 0.314 e. The fourth-order valence-corrected chi connectivity index (χ4v) is 2.53. The number of piperazine rings is 1. The highest BCUT2D eigenvalue weighted by Gasteiger charge is 2.27. The predicted molar refractivity (Wildman–Crippen MR) is 84.7 cm³/mol. The first-order valence-corrected chi connectivity index (χ1v) is 7.85. The van der Waals surface area contributed by atoms with Crippen molar-refractivity contribution in [2.75, 3.05) is 46.3 Å². The van der Waals surface area contributed by atoms with Crippen molar-refractivity contribution in [2.45, 2.75) is 53.0 Å². The van der Waals surface area contributed by atoms with E-state index in [9.17, 15) is 0 Å². The second-order valence-electron chi connectivity index (χ2n) is 7.91. The Morgan fingerprint density at radius 2 is 1.47 bits per heavy atom. The molecule has 1 fully saturated rings.